The third-order valence-corrected chi connectivity index (χ3v) is 4.58. The van der Waals surface area contributed by atoms with Gasteiger partial charge in [0, 0.05) is 16.9 Å². The van der Waals surface area contributed by atoms with E-state index in [2.05, 4.69) is 84.2 Å². The monoisotopic (exact) mass is 293 g/mol. The Kier molecular flexibility index (Phi) is 2.56. The summed E-state index contributed by atoms with van der Waals surface area (Å²) in [5.74, 6) is 0. The van der Waals surface area contributed by atoms with Crippen LogP contribution in [0.5, 0.6) is 0 Å². The number of anilines is 2. The van der Waals surface area contributed by atoms with Gasteiger partial charge in [0.05, 0.1) is 0 Å². The molecule has 0 amide bonds. The van der Waals surface area contributed by atoms with Crippen molar-refractivity contribution in [3.05, 3.63) is 84.9 Å². The molecule has 0 heterocycles. The molecule has 5 rings (SSSR count). The molecule has 0 atom stereocenters. The molecule has 0 saturated heterocycles. The number of para-hydroxylation sites is 1. The molecule has 0 bridgehead atoms. The number of nitrogens with one attached hydrogen (secondary N) is 1. The molecule has 1 nitrogen and oxygen atoms in total. The van der Waals surface area contributed by atoms with E-state index in [1.165, 1.54) is 33.0 Å². The maximum absolute atomic E-state index is 3.58. The van der Waals surface area contributed by atoms with E-state index in [1.807, 2.05) is 6.07 Å². The van der Waals surface area contributed by atoms with Crippen molar-refractivity contribution in [3.8, 4) is 22.3 Å². The van der Waals surface area contributed by atoms with E-state index in [1.54, 1.807) is 0 Å². The lowest BCUT2D eigenvalue weighted by molar-refractivity contribution is 1.55. The SMILES string of the molecule is c1ccc(Nc2cccc3c2-c2cccc4cccc-3c24)cc1. The Hall–Kier alpha value is -3.06. The van der Waals surface area contributed by atoms with E-state index >= 15 is 0 Å². The van der Waals surface area contributed by atoms with Gasteiger partial charge in [0.2, 0.25) is 0 Å². The number of fused-ring (bicyclic) bond motifs is 3. The molecule has 0 unspecified atom stereocenters. The first-order chi connectivity index (χ1) is 11.4. The van der Waals surface area contributed by atoms with Gasteiger partial charge in [-0.15, -0.1) is 0 Å². The van der Waals surface area contributed by atoms with Gasteiger partial charge < -0.3 is 5.32 Å². The predicted molar refractivity (Wildman–Crippen MR) is 98.1 cm³/mol. The summed E-state index contributed by atoms with van der Waals surface area (Å²) in [5, 5.41) is 6.26. The minimum Gasteiger partial charge on any atom is -0.355 e. The summed E-state index contributed by atoms with van der Waals surface area (Å²) in [5.41, 5.74) is 7.57. The van der Waals surface area contributed by atoms with Gasteiger partial charge in [-0.3, -0.25) is 0 Å². The van der Waals surface area contributed by atoms with E-state index in [0.717, 1.165) is 11.4 Å². The highest BCUT2D eigenvalue weighted by Gasteiger charge is 2.23. The molecule has 108 valence electrons. The minimum absolute atomic E-state index is 1.11. The summed E-state index contributed by atoms with van der Waals surface area (Å²) in [6, 6.07) is 30.0. The van der Waals surface area contributed by atoms with Gasteiger partial charge in [-0.25, -0.2) is 0 Å². The van der Waals surface area contributed by atoms with Crippen molar-refractivity contribution < 1.29 is 0 Å². The van der Waals surface area contributed by atoms with Crippen LogP contribution in [0, 0.1) is 0 Å². The Balaban J connectivity index is 1.77. The lowest BCUT2D eigenvalue weighted by Gasteiger charge is -2.12. The van der Waals surface area contributed by atoms with Crippen LogP contribution in [-0.2, 0) is 0 Å². The van der Waals surface area contributed by atoms with Crippen molar-refractivity contribution in [2.45, 2.75) is 0 Å². The zero-order valence-corrected chi connectivity index (χ0v) is 12.6. The Labute approximate surface area is 135 Å². The third-order valence-electron chi connectivity index (χ3n) is 4.58. The van der Waals surface area contributed by atoms with Crippen molar-refractivity contribution in [1.29, 1.82) is 0 Å². The van der Waals surface area contributed by atoms with Gasteiger partial charge in [0.1, 0.15) is 0 Å². The van der Waals surface area contributed by atoms with Crippen molar-refractivity contribution >= 4 is 22.1 Å². The van der Waals surface area contributed by atoms with Crippen LogP contribution in [0.2, 0.25) is 0 Å². The van der Waals surface area contributed by atoms with E-state index < -0.39 is 0 Å². The van der Waals surface area contributed by atoms with Crippen LogP contribution in [0.25, 0.3) is 33.0 Å². The molecule has 0 spiro atoms. The van der Waals surface area contributed by atoms with Crippen LogP contribution in [0.4, 0.5) is 11.4 Å². The quantitative estimate of drug-likeness (QED) is 0.407. The molecule has 0 aliphatic heterocycles. The van der Waals surface area contributed by atoms with Crippen LogP contribution in [-0.4, -0.2) is 0 Å². The summed E-state index contributed by atoms with van der Waals surface area (Å²) in [7, 11) is 0. The summed E-state index contributed by atoms with van der Waals surface area (Å²) in [4.78, 5) is 0. The largest absolute Gasteiger partial charge is 0.355 e. The molecule has 4 aromatic rings. The molecule has 1 N–H and O–H groups in total. The molecule has 4 aromatic carbocycles. The highest BCUT2D eigenvalue weighted by Crippen LogP contribution is 2.50. The molecule has 23 heavy (non-hydrogen) atoms. The molecular formula is C22H15N. The Bertz CT molecular complexity index is 1030. The summed E-state index contributed by atoms with van der Waals surface area (Å²) < 4.78 is 0. The van der Waals surface area contributed by atoms with Crippen LogP contribution >= 0.6 is 0 Å². The zero-order chi connectivity index (χ0) is 15.2. The van der Waals surface area contributed by atoms with Gasteiger partial charge in [0.25, 0.3) is 0 Å². The van der Waals surface area contributed by atoms with Crippen molar-refractivity contribution in [2.24, 2.45) is 0 Å². The zero-order valence-electron chi connectivity index (χ0n) is 12.6. The molecular weight excluding hydrogens is 278 g/mol. The van der Waals surface area contributed by atoms with Crippen LogP contribution in [0.15, 0.2) is 84.9 Å². The van der Waals surface area contributed by atoms with E-state index in [4.69, 9.17) is 0 Å². The maximum Gasteiger partial charge on any atom is 0.0470 e. The Morgan fingerprint density at radius 2 is 1.22 bits per heavy atom. The maximum atomic E-state index is 3.58. The molecule has 1 aliphatic rings. The second-order valence-corrected chi connectivity index (χ2v) is 5.93. The smallest absolute Gasteiger partial charge is 0.0470 e. The molecule has 0 aromatic heterocycles. The third kappa shape index (κ3) is 1.80. The van der Waals surface area contributed by atoms with Gasteiger partial charge in [-0.2, -0.15) is 0 Å². The van der Waals surface area contributed by atoms with Gasteiger partial charge in [-0.05, 0) is 45.7 Å². The van der Waals surface area contributed by atoms with Gasteiger partial charge >= 0.3 is 0 Å². The predicted octanol–water partition coefficient (Wildman–Crippen LogP) is 6.23. The first-order valence-electron chi connectivity index (χ1n) is 7.89. The normalized spacial score (nSPS) is 11.5. The lowest BCUT2D eigenvalue weighted by Crippen LogP contribution is -1.92. The fraction of sp³-hybridized carbons (Fsp3) is 0. The van der Waals surface area contributed by atoms with Crippen molar-refractivity contribution in [3.63, 3.8) is 0 Å². The highest BCUT2D eigenvalue weighted by molar-refractivity contribution is 6.17. The van der Waals surface area contributed by atoms with Crippen LogP contribution < -0.4 is 5.32 Å². The second kappa shape index (κ2) is 4.72. The Morgan fingerprint density at radius 3 is 2.04 bits per heavy atom. The standard InChI is InChI=1S/C22H15N/c1-2-9-16(10-3-1)23-20-14-6-12-18-17-11-4-7-15-8-5-13-19(21(15)17)22(18)20/h1-14,23H. The summed E-state index contributed by atoms with van der Waals surface area (Å²) in [6.07, 6.45) is 0. The second-order valence-electron chi connectivity index (χ2n) is 5.93. The number of hydrogen-bond donors (Lipinski definition) is 1. The van der Waals surface area contributed by atoms with E-state index in [-0.39, 0.29) is 0 Å². The minimum atomic E-state index is 1.11. The van der Waals surface area contributed by atoms with Gasteiger partial charge in [0.15, 0.2) is 0 Å². The number of rotatable bonds is 2. The van der Waals surface area contributed by atoms with Crippen molar-refractivity contribution in [1.82, 2.24) is 0 Å². The first-order valence-corrected chi connectivity index (χ1v) is 7.89. The lowest BCUT2D eigenvalue weighted by atomic mass is 10.0. The average Bonchev–Trinajstić information content (AvgIpc) is 2.94. The van der Waals surface area contributed by atoms with Crippen molar-refractivity contribution in [2.75, 3.05) is 5.32 Å². The molecule has 1 aliphatic carbocycles. The topological polar surface area (TPSA) is 12.0 Å². The molecule has 0 saturated carbocycles. The fourth-order valence-corrected chi connectivity index (χ4v) is 3.62. The van der Waals surface area contributed by atoms with Crippen LogP contribution in [0.3, 0.4) is 0 Å². The fourth-order valence-electron chi connectivity index (χ4n) is 3.62. The van der Waals surface area contributed by atoms with Crippen LogP contribution in [0.1, 0.15) is 0 Å². The average molecular weight is 293 g/mol. The van der Waals surface area contributed by atoms with Gasteiger partial charge in [-0.1, -0.05) is 66.7 Å². The molecule has 0 radical (unpaired) electrons. The summed E-state index contributed by atoms with van der Waals surface area (Å²) in [6.45, 7) is 0. The highest BCUT2D eigenvalue weighted by atomic mass is 14.9. The Morgan fingerprint density at radius 1 is 0.522 bits per heavy atom. The van der Waals surface area contributed by atoms with E-state index in [9.17, 15) is 0 Å². The first kappa shape index (κ1) is 12.5. The molecule has 0 fully saturated rings. The number of hydrogen-bond acceptors (Lipinski definition) is 1. The summed E-state index contributed by atoms with van der Waals surface area (Å²) >= 11 is 0. The molecule has 1 heteroatoms. The number of benzene rings is 4. The van der Waals surface area contributed by atoms with E-state index in [0.29, 0.717) is 0 Å².